The Morgan fingerprint density at radius 1 is 1.40 bits per heavy atom. The molecule has 0 bridgehead atoms. The second-order valence-electron chi connectivity index (χ2n) is 3.71. The topological polar surface area (TPSA) is 38.9 Å². The van der Waals surface area contributed by atoms with E-state index in [2.05, 4.69) is 4.98 Å². The predicted molar refractivity (Wildman–Crippen MR) is 49.3 cm³/mol. The van der Waals surface area contributed by atoms with Crippen molar-refractivity contribution in [3.8, 4) is 0 Å². The summed E-state index contributed by atoms with van der Waals surface area (Å²) in [4.78, 5) is 3.70. The molecule has 2 N–H and O–H groups in total. The van der Waals surface area contributed by atoms with Crippen LogP contribution >= 0.6 is 11.6 Å². The van der Waals surface area contributed by atoms with Crippen molar-refractivity contribution in [2.24, 2.45) is 5.73 Å². The number of nitrogens with zero attached hydrogens (tertiary/aromatic N) is 1. The van der Waals surface area contributed by atoms with E-state index < -0.39 is 17.3 Å². The zero-order chi connectivity index (χ0) is 11.3. The van der Waals surface area contributed by atoms with Gasteiger partial charge in [0.15, 0.2) is 0 Å². The van der Waals surface area contributed by atoms with Crippen LogP contribution in [-0.2, 0) is 11.7 Å². The Kier molecular flexibility index (Phi) is 2.20. The van der Waals surface area contributed by atoms with Crippen LogP contribution < -0.4 is 5.73 Å². The zero-order valence-electron chi connectivity index (χ0n) is 7.61. The van der Waals surface area contributed by atoms with Crippen molar-refractivity contribution in [1.29, 1.82) is 0 Å². The number of aromatic nitrogens is 1. The first-order valence-electron chi connectivity index (χ1n) is 4.35. The summed E-state index contributed by atoms with van der Waals surface area (Å²) in [6.07, 6.45) is -2.22. The molecule has 0 radical (unpaired) electrons. The number of hydrogen-bond donors (Lipinski definition) is 1. The smallest absolute Gasteiger partial charge is 0.320 e. The van der Waals surface area contributed by atoms with Gasteiger partial charge in [-0.2, -0.15) is 13.2 Å². The lowest BCUT2D eigenvalue weighted by Gasteiger charge is -2.12. The van der Waals surface area contributed by atoms with Gasteiger partial charge in [0, 0.05) is 6.20 Å². The standard InChI is InChI=1S/C9H8ClF3N2/c10-6-3-5(9(11,12)13)4-15-7(6)8(14)1-2-8/h3-4H,1-2,14H2. The summed E-state index contributed by atoms with van der Waals surface area (Å²) < 4.78 is 36.8. The van der Waals surface area contributed by atoms with Crippen LogP contribution in [0.25, 0.3) is 0 Å². The third-order valence-electron chi connectivity index (χ3n) is 2.43. The summed E-state index contributed by atoms with van der Waals surface area (Å²) in [5.41, 5.74) is 4.70. The van der Waals surface area contributed by atoms with Gasteiger partial charge in [-0.25, -0.2) is 0 Å². The highest BCUT2D eigenvalue weighted by molar-refractivity contribution is 6.31. The average molecular weight is 237 g/mol. The number of pyridine rings is 1. The third kappa shape index (κ3) is 1.94. The molecule has 1 heterocycles. The van der Waals surface area contributed by atoms with Crippen molar-refractivity contribution in [3.63, 3.8) is 0 Å². The molecule has 1 aliphatic carbocycles. The fourth-order valence-corrected chi connectivity index (χ4v) is 1.69. The predicted octanol–water partition coefficient (Wildman–Crippen LogP) is 2.70. The first-order chi connectivity index (χ1) is 6.83. The molecule has 82 valence electrons. The Bertz CT molecular complexity index is 399. The molecule has 0 aromatic carbocycles. The van der Waals surface area contributed by atoms with E-state index in [1.54, 1.807) is 0 Å². The van der Waals surface area contributed by atoms with E-state index in [1.165, 1.54) is 0 Å². The van der Waals surface area contributed by atoms with E-state index in [1.807, 2.05) is 0 Å². The number of alkyl halides is 3. The molecule has 0 unspecified atom stereocenters. The van der Waals surface area contributed by atoms with Crippen molar-refractivity contribution in [1.82, 2.24) is 4.98 Å². The maximum atomic E-state index is 12.3. The summed E-state index contributed by atoms with van der Waals surface area (Å²) in [7, 11) is 0. The lowest BCUT2D eigenvalue weighted by Crippen LogP contribution is -2.21. The molecule has 1 saturated carbocycles. The number of rotatable bonds is 1. The minimum atomic E-state index is -4.42. The van der Waals surface area contributed by atoms with Crippen LogP contribution in [0.3, 0.4) is 0 Å². The summed E-state index contributed by atoms with van der Waals surface area (Å²) in [5.74, 6) is 0. The number of nitrogens with two attached hydrogens (primary N) is 1. The van der Waals surface area contributed by atoms with E-state index >= 15 is 0 Å². The molecule has 0 atom stereocenters. The summed E-state index contributed by atoms with van der Waals surface area (Å²) in [6, 6.07) is 0.872. The highest BCUT2D eigenvalue weighted by Gasteiger charge is 2.43. The average Bonchev–Trinajstić information content (AvgIpc) is 2.82. The molecule has 1 aromatic heterocycles. The van der Waals surface area contributed by atoms with Crippen LogP contribution in [0.4, 0.5) is 13.2 Å². The Morgan fingerprint density at radius 2 is 2.00 bits per heavy atom. The summed E-state index contributed by atoms with van der Waals surface area (Å²) in [6.45, 7) is 0. The zero-order valence-corrected chi connectivity index (χ0v) is 8.36. The van der Waals surface area contributed by atoms with Crippen LogP contribution in [0.5, 0.6) is 0 Å². The molecule has 0 spiro atoms. The van der Waals surface area contributed by atoms with Gasteiger partial charge in [0.05, 0.1) is 21.8 Å². The van der Waals surface area contributed by atoms with Gasteiger partial charge in [-0.05, 0) is 18.9 Å². The molecule has 0 saturated heterocycles. The second kappa shape index (κ2) is 3.09. The summed E-state index contributed by atoms with van der Waals surface area (Å²) >= 11 is 5.72. The molecule has 6 heteroatoms. The highest BCUT2D eigenvalue weighted by atomic mass is 35.5. The molecule has 0 aliphatic heterocycles. The van der Waals surface area contributed by atoms with Crippen molar-refractivity contribution < 1.29 is 13.2 Å². The van der Waals surface area contributed by atoms with Crippen LogP contribution in [0.15, 0.2) is 12.3 Å². The maximum Gasteiger partial charge on any atom is 0.417 e. The van der Waals surface area contributed by atoms with Crippen LogP contribution in [0, 0.1) is 0 Å². The van der Waals surface area contributed by atoms with E-state index in [0.717, 1.165) is 12.3 Å². The Balaban J connectivity index is 2.40. The summed E-state index contributed by atoms with van der Waals surface area (Å²) in [5, 5.41) is -0.00942. The van der Waals surface area contributed by atoms with Crippen LogP contribution in [0.1, 0.15) is 24.1 Å². The van der Waals surface area contributed by atoms with Crippen molar-refractivity contribution in [2.75, 3.05) is 0 Å². The Morgan fingerprint density at radius 3 is 2.40 bits per heavy atom. The number of halogens is 4. The monoisotopic (exact) mass is 236 g/mol. The van der Waals surface area contributed by atoms with Gasteiger partial charge in [0.1, 0.15) is 0 Å². The van der Waals surface area contributed by atoms with Crippen molar-refractivity contribution >= 4 is 11.6 Å². The molecule has 1 aliphatic rings. The van der Waals surface area contributed by atoms with Crippen molar-refractivity contribution in [2.45, 2.75) is 24.6 Å². The van der Waals surface area contributed by atoms with E-state index in [-0.39, 0.29) is 5.02 Å². The molecule has 0 amide bonds. The van der Waals surface area contributed by atoms with E-state index in [0.29, 0.717) is 18.5 Å². The SMILES string of the molecule is NC1(c2ncc(C(F)(F)F)cc2Cl)CC1. The first kappa shape index (κ1) is 10.7. The van der Waals surface area contributed by atoms with E-state index in [4.69, 9.17) is 17.3 Å². The largest absolute Gasteiger partial charge is 0.417 e. The minimum Gasteiger partial charge on any atom is -0.320 e. The van der Waals surface area contributed by atoms with Gasteiger partial charge < -0.3 is 5.73 Å². The minimum absolute atomic E-state index is 0.00942. The lowest BCUT2D eigenvalue weighted by atomic mass is 10.1. The second-order valence-corrected chi connectivity index (χ2v) is 4.12. The maximum absolute atomic E-state index is 12.3. The third-order valence-corrected chi connectivity index (χ3v) is 2.72. The van der Waals surface area contributed by atoms with Gasteiger partial charge >= 0.3 is 6.18 Å². The molecule has 2 nitrogen and oxygen atoms in total. The van der Waals surface area contributed by atoms with Crippen molar-refractivity contribution in [3.05, 3.63) is 28.5 Å². The van der Waals surface area contributed by atoms with Gasteiger partial charge in [0.2, 0.25) is 0 Å². The Hall–Kier alpha value is -0.810. The lowest BCUT2D eigenvalue weighted by molar-refractivity contribution is -0.137. The number of hydrogen-bond acceptors (Lipinski definition) is 2. The Labute approximate surface area is 89.2 Å². The quantitative estimate of drug-likeness (QED) is 0.814. The van der Waals surface area contributed by atoms with Gasteiger partial charge in [0.25, 0.3) is 0 Å². The fourth-order valence-electron chi connectivity index (χ4n) is 1.33. The van der Waals surface area contributed by atoms with E-state index in [9.17, 15) is 13.2 Å². The van der Waals surface area contributed by atoms with Crippen LogP contribution in [0.2, 0.25) is 5.02 Å². The van der Waals surface area contributed by atoms with Gasteiger partial charge in [-0.15, -0.1) is 0 Å². The van der Waals surface area contributed by atoms with Crippen LogP contribution in [-0.4, -0.2) is 4.98 Å². The molecule has 2 rings (SSSR count). The molecular formula is C9H8ClF3N2. The normalized spacial score (nSPS) is 19.0. The molecule has 1 fully saturated rings. The molecular weight excluding hydrogens is 229 g/mol. The van der Waals surface area contributed by atoms with Gasteiger partial charge in [-0.1, -0.05) is 11.6 Å². The van der Waals surface area contributed by atoms with Gasteiger partial charge in [-0.3, -0.25) is 4.98 Å². The first-order valence-corrected chi connectivity index (χ1v) is 4.73. The molecule has 1 aromatic rings. The highest BCUT2D eigenvalue weighted by Crippen LogP contribution is 2.45. The fraction of sp³-hybridized carbons (Fsp3) is 0.444. The molecule has 15 heavy (non-hydrogen) atoms.